The van der Waals surface area contributed by atoms with Gasteiger partial charge in [0.05, 0.1) is 5.92 Å². The van der Waals surface area contributed by atoms with Gasteiger partial charge in [0.25, 0.3) is 0 Å². The Labute approximate surface area is 106 Å². The predicted molar refractivity (Wildman–Crippen MR) is 68.3 cm³/mol. The van der Waals surface area contributed by atoms with Crippen molar-refractivity contribution in [1.29, 1.82) is 0 Å². The third kappa shape index (κ3) is 4.85. The smallest absolute Gasteiger partial charge is 0.315 e. The first-order chi connectivity index (χ1) is 8.02. The second-order valence-corrected chi connectivity index (χ2v) is 5.72. The van der Waals surface area contributed by atoms with Gasteiger partial charge in [-0.15, -0.1) is 0 Å². The van der Waals surface area contributed by atoms with E-state index in [0.717, 1.165) is 6.42 Å². The molecular formula is C11H20N2O3S. The van der Waals surface area contributed by atoms with Gasteiger partial charge in [-0.3, -0.25) is 4.79 Å². The van der Waals surface area contributed by atoms with Crippen molar-refractivity contribution >= 4 is 23.8 Å². The van der Waals surface area contributed by atoms with Crippen LogP contribution >= 0.6 is 11.8 Å². The summed E-state index contributed by atoms with van der Waals surface area (Å²) in [5, 5.41) is 14.8. The number of hydrogen-bond donors (Lipinski definition) is 3. The first kappa shape index (κ1) is 14.2. The molecule has 3 atom stereocenters. The molecule has 6 heteroatoms. The lowest BCUT2D eigenvalue weighted by molar-refractivity contribution is -0.141. The maximum atomic E-state index is 11.5. The highest BCUT2D eigenvalue weighted by molar-refractivity contribution is 7.99. The standard InChI is InChI=1S/C11H20N2O3S/c1-7(17-2)6-12-11(16)13-9-4-3-8(5-9)10(14)15/h7-9H,3-6H2,1-2H3,(H,14,15)(H2,12,13,16). The lowest BCUT2D eigenvalue weighted by Gasteiger charge is -2.15. The Bertz CT molecular complexity index is 286. The number of nitrogens with one attached hydrogen (secondary N) is 2. The van der Waals surface area contributed by atoms with Crippen molar-refractivity contribution in [3.8, 4) is 0 Å². The summed E-state index contributed by atoms with van der Waals surface area (Å²) < 4.78 is 0. The molecule has 1 saturated carbocycles. The minimum absolute atomic E-state index is 0.000635. The van der Waals surface area contributed by atoms with E-state index in [-0.39, 0.29) is 18.0 Å². The van der Waals surface area contributed by atoms with Crippen LogP contribution in [0.1, 0.15) is 26.2 Å². The summed E-state index contributed by atoms with van der Waals surface area (Å²) in [7, 11) is 0. The zero-order valence-corrected chi connectivity index (χ0v) is 11.0. The molecule has 17 heavy (non-hydrogen) atoms. The maximum absolute atomic E-state index is 11.5. The van der Waals surface area contributed by atoms with Gasteiger partial charge >= 0.3 is 12.0 Å². The van der Waals surface area contributed by atoms with Crippen molar-refractivity contribution in [1.82, 2.24) is 10.6 Å². The highest BCUT2D eigenvalue weighted by atomic mass is 32.2. The number of carbonyl (C=O) groups excluding carboxylic acids is 1. The quantitative estimate of drug-likeness (QED) is 0.696. The summed E-state index contributed by atoms with van der Waals surface area (Å²) in [6.45, 7) is 2.67. The molecule has 1 aliphatic rings. The Kier molecular flexibility index (Phi) is 5.61. The molecule has 0 aromatic carbocycles. The topological polar surface area (TPSA) is 78.4 Å². The van der Waals surface area contributed by atoms with Gasteiger partial charge < -0.3 is 15.7 Å². The highest BCUT2D eigenvalue weighted by Crippen LogP contribution is 2.25. The first-order valence-electron chi connectivity index (χ1n) is 5.83. The molecule has 1 rings (SSSR count). The highest BCUT2D eigenvalue weighted by Gasteiger charge is 2.30. The number of thioether (sulfide) groups is 1. The number of aliphatic carboxylic acids is 1. The van der Waals surface area contributed by atoms with Crippen molar-refractivity contribution in [2.75, 3.05) is 12.8 Å². The Morgan fingerprint density at radius 3 is 2.71 bits per heavy atom. The molecule has 0 aromatic heterocycles. The lowest BCUT2D eigenvalue weighted by atomic mass is 10.1. The van der Waals surface area contributed by atoms with Crippen LogP contribution in [0.25, 0.3) is 0 Å². The average Bonchev–Trinajstić information content (AvgIpc) is 2.74. The third-order valence-electron chi connectivity index (χ3n) is 3.07. The van der Waals surface area contributed by atoms with Gasteiger partial charge in [-0.1, -0.05) is 6.92 Å². The fraction of sp³-hybridized carbons (Fsp3) is 0.818. The van der Waals surface area contributed by atoms with Crippen LogP contribution < -0.4 is 10.6 Å². The second kappa shape index (κ2) is 6.74. The molecule has 2 amide bonds. The van der Waals surface area contributed by atoms with E-state index in [9.17, 15) is 9.59 Å². The number of carbonyl (C=O) groups is 2. The van der Waals surface area contributed by atoms with Crippen molar-refractivity contribution in [3.05, 3.63) is 0 Å². The van der Waals surface area contributed by atoms with Crippen LogP contribution in [-0.4, -0.2) is 41.2 Å². The Balaban J connectivity index is 2.22. The summed E-state index contributed by atoms with van der Waals surface area (Å²) in [5.41, 5.74) is 0. The van der Waals surface area contributed by atoms with Gasteiger partial charge in [-0.25, -0.2) is 4.79 Å². The number of rotatable bonds is 5. The number of urea groups is 1. The van der Waals surface area contributed by atoms with E-state index in [1.54, 1.807) is 11.8 Å². The van der Waals surface area contributed by atoms with Crippen LogP contribution in [0.15, 0.2) is 0 Å². The van der Waals surface area contributed by atoms with Crippen LogP contribution in [0, 0.1) is 5.92 Å². The molecule has 0 saturated heterocycles. The fourth-order valence-corrected chi connectivity index (χ4v) is 2.14. The van der Waals surface area contributed by atoms with Crippen LogP contribution in [0.3, 0.4) is 0 Å². The molecule has 0 heterocycles. The monoisotopic (exact) mass is 260 g/mol. The van der Waals surface area contributed by atoms with Crippen LogP contribution in [0.5, 0.6) is 0 Å². The molecule has 0 spiro atoms. The van der Waals surface area contributed by atoms with Crippen molar-refractivity contribution in [2.45, 2.75) is 37.5 Å². The molecule has 3 unspecified atom stereocenters. The van der Waals surface area contributed by atoms with E-state index >= 15 is 0 Å². The van der Waals surface area contributed by atoms with Crippen molar-refractivity contribution < 1.29 is 14.7 Å². The molecule has 0 aromatic rings. The largest absolute Gasteiger partial charge is 0.481 e. The summed E-state index contributed by atoms with van der Waals surface area (Å²) in [6.07, 6.45) is 3.95. The molecule has 0 aliphatic heterocycles. The van der Waals surface area contributed by atoms with Gasteiger partial charge in [0.1, 0.15) is 0 Å². The molecule has 98 valence electrons. The van der Waals surface area contributed by atoms with E-state index in [2.05, 4.69) is 10.6 Å². The Morgan fingerprint density at radius 1 is 1.47 bits per heavy atom. The molecular weight excluding hydrogens is 240 g/mol. The molecule has 5 nitrogen and oxygen atoms in total. The molecule has 0 radical (unpaired) electrons. The maximum Gasteiger partial charge on any atom is 0.315 e. The molecule has 1 aliphatic carbocycles. The van der Waals surface area contributed by atoms with Crippen molar-refractivity contribution in [3.63, 3.8) is 0 Å². The van der Waals surface area contributed by atoms with Crippen LogP contribution in [0.4, 0.5) is 4.79 Å². The van der Waals surface area contributed by atoms with E-state index in [4.69, 9.17) is 5.11 Å². The van der Waals surface area contributed by atoms with E-state index in [1.165, 1.54) is 0 Å². The predicted octanol–water partition coefficient (Wildman–Crippen LogP) is 1.29. The van der Waals surface area contributed by atoms with E-state index < -0.39 is 5.97 Å². The van der Waals surface area contributed by atoms with E-state index in [1.807, 2.05) is 13.2 Å². The minimum Gasteiger partial charge on any atom is -0.481 e. The molecule has 1 fully saturated rings. The van der Waals surface area contributed by atoms with Gasteiger partial charge in [0.15, 0.2) is 0 Å². The van der Waals surface area contributed by atoms with Gasteiger partial charge in [-0.05, 0) is 25.5 Å². The summed E-state index contributed by atoms with van der Waals surface area (Å²) in [5.74, 6) is -1.06. The van der Waals surface area contributed by atoms with Crippen LogP contribution in [-0.2, 0) is 4.79 Å². The first-order valence-corrected chi connectivity index (χ1v) is 7.11. The minimum atomic E-state index is -0.759. The van der Waals surface area contributed by atoms with Crippen LogP contribution in [0.2, 0.25) is 0 Å². The number of hydrogen-bond acceptors (Lipinski definition) is 3. The number of carboxylic acids is 1. The molecule has 3 N–H and O–H groups in total. The fourth-order valence-electron chi connectivity index (χ4n) is 1.89. The Hall–Kier alpha value is -0.910. The normalized spacial score (nSPS) is 25.3. The van der Waals surface area contributed by atoms with Gasteiger partial charge in [0, 0.05) is 17.8 Å². The van der Waals surface area contributed by atoms with Gasteiger partial charge in [-0.2, -0.15) is 11.8 Å². The number of amides is 2. The Morgan fingerprint density at radius 2 is 2.18 bits per heavy atom. The zero-order valence-electron chi connectivity index (χ0n) is 10.2. The summed E-state index contributed by atoms with van der Waals surface area (Å²) in [4.78, 5) is 22.3. The van der Waals surface area contributed by atoms with Gasteiger partial charge in [0.2, 0.25) is 0 Å². The summed E-state index contributed by atoms with van der Waals surface area (Å²) >= 11 is 1.69. The zero-order chi connectivity index (χ0) is 12.8. The number of carboxylic acid groups (broad SMARTS) is 1. The third-order valence-corrected chi connectivity index (χ3v) is 4.04. The average molecular weight is 260 g/mol. The summed E-state index contributed by atoms with van der Waals surface area (Å²) in [6, 6.07) is -0.192. The second-order valence-electron chi connectivity index (χ2n) is 4.45. The SMILES string of the molecule is CSC(C)CNC(=O)NC1CCC(C(=O)O)C1. The molecule has 0 bridgehead atoms. The lowest BCUT2D eigenvalue weighted by Crippen LogP contribution is -2.43. The van der Waals surface area contributed by atoms with E-state index in [0.29, 0.717) is 24.6 Å². The van der Waals surface area contributed by atoms with Crippen molar-refractivity contribution in [2.24, 2.45) is 5.92 Å².